The molecule has 1 aromatic carbocycles. The van der Waals surface area contributed by atoms with Crippen molar-refractivity contribution >= 4 is 33.1 Å². The van der Waals surface area contributed by atoms with Crippen molar-refractivity contribution in [1.29, 1.82) is 0 Å². The van der Waals surface area contributed by atoms with Crippen LogP contribution in [0.25, 0.3) is 0 Å². The third-order valence-corrected chi connectivity index (χ3v) is 3.28. The van der Waals surface area contributed by atoms with Gasteiger partial charge in [-0.1, -0.05) is 33.2 Å². The van der Waals surface area contributed by atoms with Crippen molar-refractivity contribution in [3.63, 3.8) is 0 Å². The molecule has 0 amide bonds. The Bertz CT molecular complexity index is 511. The molecule has 0 aliphatic rings. The quantitative estimate of drug-likeness (QED) is 0.535. The molecule has 0 unspecified atom stereocenters. The van der Waals surface area contributed by atoms with Gasteiger partial charge in [0.05, 0.1) is 0 Å². The Morgan fingerprint density at radius 2 is 2.29 bits per heavy atom. The molecule has 2 N–H and O–H groups in total. The number of rotatable bonds is 4. The number of thiophene rings is 1. The predicted octanol–water partition coefficient (Wildman–Crippen LogP) is 3.35. The van der Waals surface area contributed by atoms with Crippen LogP contribution < -0.4 is 5.73 Å². The molecule has 0 radical (unpaired) electrons. The van der Waals surface area contributed by atoms with Gasteiger partial charge in [-0.2, -0.15) is 11.3 Å². The highest BCUT2D eigenvalue weighted by atomic mass is 79.9. The fraction of sp³-hybridized carbons (Fsp3) is 0.0833. The van der Waals surface area contributed by atoms with E-state index in [0.717, 1.165) is 15.6 Å². The molecule has 0 spiro atoms. The largest absolute Gasteiger partial charge is 0.389 e. The summed E-state index contributed by atoms with van der Waals surface area (Å²) in [6, 6.07) is 9.78. The van der Waals surface area contributed by atoms with Crippen molar-refractivity contribution in [1.82, 2.24) is 0 Å². The summed E-state index contributed by atoms with van der Waals surface area (Å²) in [5, 5.41) is 7.76. The SMILES string of the molecule is N/C(=N\OCc1cccc(Br)c1)c1ccsc1. The van der Waals surface area contributed by atoms with Crippen LogP contribution in [0.3, 0.4) is 0 Å². The Hall–Kier alpha value is -1.33. The van der Waals surface area contributed by atoms with Gasteiger partial charge in [-0.3, -0.25) is 0 Å². The van der Waals surface area contributed by atoms with Gasteiger partial charge in [-0.15, -0.1) is 0 Å². The number of amidine groups is 1. The number of benzene rings is 1. The molecule has 0 bridgehead atoms. The van der Waals surface area contributed by atoms with E-state index < -0.39 is 0 Å². The first-order valence-corrected chi connectivity index (χ1v) is 6.72. The molecule has 17 heavy (non-hydrogen) atoms. The van der Waals surface area contributed by atoms with Crippen molar-refractivity contribution < 1.29 is 4.84 Å². The molecule has 0 saturated heterocycles. The Balaban J connectivity index is 1.93. The van der Waals surface area contributed by atoms with Gasteiger partial charge in [0, 0.05) is 15.4 Å². The van der Waals surface area contributed by atoms with Crippen LogP contribution in [0.1, 0.15) is 11.1 Å². The van der Waals surface area contributed by atoms with Crippen molar-refractivity contribution in [2.75, 3.05) is 0 Å². The van der Waals surface area contributed by atoms with E-state index in [0.29, 0.717) is 12.4 Å². The predicted molar refractivity (Wildman–Crippen MR) is 74.0 cm³/mol. The summed E-state index contributed by atoms with van der Waals surface area (Å²) in [7, 11) is 0. The van der Waals surface area contributed by atoms with Crippen LogP contribution in [0.4, 0.5) is 0 Å². The van der Waals surface area contributed by atoms with Gasteiger partial charge in [-0.05, 0) is 29.1 Å². The second kappa shape index (κ2) is 5.84. The van der Waals surface area contributed by atoms with Gasteiger partial charge in [0.25, 0.3) is 0 Å². The molecule has 0 fully saturated rings. The van der Waals surface area contributed by atoms with Crippen LogP contribution in [0.15, 0.2) is 50.7 Å². The molecule has 1 heterocycles. The lowest BCUT2D eigenvalue weighted by Gasteiger charge is -2.01. The maximum atomic E-state index is 5.76. The zero-order valence-corrected chi connectivity index (χ0v) is 11.4. The molecule has 0 aliphatic carbocycles. The molecule has 3 nitrogen and oxygen atoms in total. The molecule has 2 rings (SSSR count). The minimum atomic E-state index is 0.404. The summed E-state index contributed by atoms with van der Waals surface area (Å²) in [5.74, 6) is 0.404. The van der Waals surface area contributed by atoms with E-state index in [1.165, 1.54) is 0 Å². The van der Waals surface area contributed by atoms with Gasteiger partial charge in [0.15, 0.2) is 5.84 Å². The maximum Gasteiger partial charge on any atom is 0.171 e. The molecule has 0 saturated carbocycles. The minimum absolute atomic E-state index is 0.404. The highest BCUT2D eigenvalue weighted by molar-refractivity contribution is 9.10. The van der Waals surface area contributed by atoms with E-state index in [1.54, 1.807) is 11.3 Å². The van der Waals surface area contributed by atoms with Gasteiger partial charge in [0.1, 0.15) is 6.61 Å². The summed E-state index contributed by atoms with van der Waals surface area (Å²) in [6.45, 7) is 0.407. The molecule has 2 aromatic rings. The Kier molecular flexibility index (Phi) is 4.17. The van der Waals surface area contributed by atoms with E-state index in [-0.39, 0.29) is 0 Å². The summed E-state index contributed by atoms with van der Waals surface area (Å²) in [5.41, 5.74) is 7.69. The molecule has 0 aliphatic heterocycles. The fourth-order valence-electron chi connectivity index (χ4n) is 1.27. The molecule has 1 aromatic heterocycles. The van der Waals surface area contributed by atoms with Gasteiger partial charge >= 0.3 is 0 Å². The fourth-order valence-corrected chi connectivity index (χ4v) is 2.36. The van der Waals surface area contributed by atoms with Gasteiger partial charge in [-0.25, -0.2) is 0 Å². The first kappa shape index (κ1) is 12.1. The first-order chi connectivity index (χ1) is 8.25. The van der Waals surface area contributed by atoms with Crippen LogP contribution in [0, 0.1) is 0 Å². The number of hydrogen-bond donors (Lipinski definition) is 1. The highest BCUT2D eigenvalue weighted by Crippen LogP contribution is 2.12. The van der Waals surface area contributed by atoms with Crippen molar-refractivity contribution in [2.24, 2.45) is 10.9 Å². The summed E-state index contributed by atoms with van der Waals surface area (Å²) in [6.07, 6.45) is 0. The summed E-state index contributed by atoms with van der Waals surface area (Å²) < 4.78 is 1.02. The zero-order chi connectivity index (χ0) is 12.1. The van der Waals surface area contributed by atoms with E-state index >= 15 is 0 Å². The van der Waals surface area contributed by atoms with Crippen LogP contribution in [0.2, 0.25) is 0 Å². The summed E-state index contributed by atoms with van der Waals surface area (Å²) in [4.78, 5) is 5.21. The van der Waals surface area contributed by atoms with Crippen molar-refractivity contribution in [2.45, 2.75) is 6.61 Å². The maximum absolute atomic E-state index is 5.76. The van der Waals surface area contributed by atoms with E-state index in [2.05, 4.69) is 21.1 Å². The first-order valence-electron chi connectivity index (χ1n) is 4.98. The average molecular weight is 311 g/mol. The molecule has 5 heteroatoms. The van der Waals surface area contributed by atoms with E-state index in [9.17, 15) is 0 Å². The average Bonchev–Trinajstić information content (AvgIpc) is 2.82. The monoisotopic (exact) mass is 310 g/mol. The van der Waals surface area contributed by atoms with Gasteiger partial charge < -0.3 is 10.6 Å². The normalized spacial score (nSPS) is 11.5. The lowest BCUT2D eigenvalue weighted by molar-refractivity contribution is 0.130. The minimum Gasteiger partial charge on any atom is -0.389 e. The number of halogens is 1. The van der Waals surface area contributed by atoms with Crippen molar-refractivity contribution in [3.8, 4) is 0 Å². The molecule has 0 atom stereocenters. The highest BCUT2D eigenvalue weighted by Gasteiger charge is 1.99. The van der Waals surface area contributed by atoms with Crippen LogP contribution in [-0.4, -0.2) is 5.84 Å². The van der Waals surface area contributed by atoms with Gasteiger partial charge in [0.2, 0.25) is 0 Å². The smallest absolute Gasteiger partial charge is 0.171 e. The zero-order valence-electron chi connectivity index (χ0n) is 8.97. The molecular formula is C12H11BrN2OS. The van der Waals surface area contributed by atoms with Crippen LogP contribution in [-0.2, 0) is 11.4 Å². The van der Waals surface area contributed by atoms with Crippen LogP contribution in [0.5, 0.6) is 0 Å². The Morgan fingerprint density at radius 1 is 1.41 bits per heavy atom. The standard InChI is InChI=1S/C12H11BrN2OS/c13-11-3-1-2-9(6-11)7-16-15-12(14)10-4-5-17-8-10/h1-6,8H,7H2,(H2,14,15). The Morgan fingerprint density at radius 3 is 3.00 bits per heavy atom. The number of oxime groups is 1. The topological polar surface area (TPSA) is 47.6 Å². The third-order valence-electron chi connectivity index (χ3n) is 2.10. The molecule has 88 valence electrons. The van der Waals surface area contributed by atoms with E-state index in [1.807, 2.05) is 41.1 Å². The lowest BCUT2D eigenvalue weighted by Crippen LogP contribution is -2.12. The summed E-state index contributed by atoms with van der Waals surface area (Å²) >= 11 is 4.98. The van der Waals surface area contributed by atoms with Crippen LogP contribution >= 0.6 is 27.3 Å². The number of nitrogens with two attached hydrogens (primary N) is 1. The van der Waals surface area contributed by atoms with Crippen molar-refractivity contribution in [3.05, 3.63) is 56.7 Å². The van der Waals surface area contributed by atoms with E-state index in [4.69, 9.17) is 10.6 Å². The second-order valence-corrected chi connectivity index (χ2v) is 5.09. The number of hydrogen-bond acceptors (Lipinski definition) is 3. The number of nitrogens with zero attached hydrogens (tertiary/aromatic N) is 1. The second-order valence-electron chi connectivity index (χ2n) is 3.39. The Labute approximate surface area is 112 Å². The molecular weight excluding hydrogens is 300 g/mol. The third kappa shape index (κ3) is 3.57. The lowest BCUT2D eigenvalue weighted by atomic mass is 10.2.